The Balaban J connectivity index is 4.55. The van der Waals surface area contributed by atoms with Crippen LogP contribution in [-0.2, 0) is 42.3 Å². The summed E-state index contributed by atoms with van der Waals surface area (Å²) in [6.45, 7) is 2.55. The number of hydrogen-bond acceptors (Lipinski definition) is 10. The first-order valence-corrected chi connectivity index (χ1v) is 22.8. The van der Waals surface area contributed by atoms with Crippen LogP contribution in [0.2, 0.25) is 0 Å². The van der Waals surface area contributed by atoms with E-state index in [1.54, 1.807) is 12.2 Å². The van der Waals surface area contributed by atoms with Gasteiger partial charge in [-0.25, -0.2) is 4.57 Å². The summed E-state index contributed by atoms with van der Waals surface area (Å²) in [5.41, 5.74) is 5.32. The molecule has 0 radical (unpaired) electrons. The molecule has 0 saturated heterocycles. The topological polar surface area (TPSA) is 189 Å². The van der Waals surface area contributed by atoms with Gasteiger partial charge in [0.05, 0.1) is 13.2 Å². The standard InChI is InChI=1S/C44H74NO11P/c1-3-5-7-8-9-10-11-12-13-14-17-20-23-26-30-34-42(47)53-36-40(37-54-57(51,52)55-38-41(45)44(49)50)56-43(48)35-31-27-24-21-18-15-16-19-22-25-29-33-39(46)32-28-6-4-2/h12-13,15-16,21-22,24-25,29,33,40-41H,3-11,14,17-20,23,26-28,30-32,34-38,45H2,1-2H3,(H,49,50)(H,51,52)/b13-12-,16-15-,24-21-,25-22-,33-29+/t40-,41+/m1/s1. The predicted molar refractivity (Wildman–Crippen MR) is 226 cm³/mol. The number of carbonyl (C=O) groups is 4. The second kappa shape index (κ2) is 38.4. The minimum Gasteiger partial charge on any atom is -0.480 e. The number of ether oxygens (including phenoxy) is 2. The smallest absolute Gasteiger partial charge is 0.472 e. The third-order valence-corrected chi connectivity index (χ3v) is 9.67. The Hall–Kier alpha value is -3.15. The molecule has 13 heteroatoms. The summed E-state index contributed by atoms with van der Waals surface area (Å²) >= 11 is 0. The fourth-order valence-corrected chi connectivity index (χ4v) is 6.08. The Kier molecular flexibility index (Phi) is 36.3. The van der Waals surface area contributed by atoms with Crippen molar-refractivity contribution in [1.29, 1.82) is 0 Å². The molecule has 0 bridgehead atoms. The molecule has 0 fully saturated rings. The molecule has 0 amide bonds. The van der Waals surface area contributed by atoms with Crippen molar-refractivity contribution in [3.8, 4) is 0 Å². The number of esters is 2. The maximum atomic E-state index is 12.6. The first-order chi connectivity index (χ1) is 27.5. The van der Waals surface area contributed by atoms with Crippen LogP contribution in [0.25, 0.3) is 0 Å². The lowest BCUT2D eigenvalue weighted by atomic mass is 10.1. The third-order valence-electron chi connectivity index (χ3n) is 8.71. The minimum absolute atomic E-state index is 0.0553. The highest BCUT2D eigenvalue weighted by molar-refractivity contribution is 7.47. The summed E-state index contributed by atoms with van der Waals surface area (Å²) in [6, 6.07) is -1.54. The first-order valence-electron chi connectivity index (χ1n) is 21.3. The third kappa shape index (κ3) is 38.2. The van der Waals surface area contributed by atoms with E-state index in [1.165, 1.54) is 38.5 Å². The molecule has 0 rings (SSSR count). The summed E-state index contributed by atoms with van der Waals surface area (Å²) in [5, 5.41) is 8.88. The molecule has 0 spiro atoms. The number of carboxylic acids is 1. The van der Waals surface area contributed by atoms with E-state index in [0.717, 1.165) is 70.6 Å². The lowest BCUT2D eigenvalue weighted by molar-refractivity contribution is -0.161. The number of phosphoric acid groups is 1. The van der Waals surface area contributed by atoms with Gasteiger partial charge in [-0.05, 0) is 70.3 Å². The van der Waals surface area contributed by atoms with Crippen LogP contribution in [0.15, 0.2) is 60.8 Å². The van der Waals surface area contributed by atoms with Crippen LogP contribution >= 0.6 is 7.82 Å². The van der Waals surface area contributed by atoms with Crippen molar-refractivity contribution in [2.75, 3.05) is 19.8 Å². The summed E-state index contributed by atoms with van der Waals surface area (Å²) in [5.74, 6) is -2.36. The first kappa shape index (κ1) is 53.9. The number of rotatable bonds is 39. The van der Waals surface area contributed by atoms with E-state index in [1.807, 2.05) is 36.5 Å². The summed E-state index contributed by atoms with van der Waals surface area (Å²) < 4.78 is 32.6. The van der Waals surface area contributed by atoms with Gasteiger partial charge in [0, 0.05) is 19.3 Å². The van der Waals surface area contributed by atoms with Gasteiger partial charge in [-0.2, -0.15) is 0 Å². The van der Waals surface area contributed by atoms with Crippen molar-refractivity contribution in [3.05, 3.63) is 60.8 Å². The van der Waals surface area contributed by atoms with Gasteiger partial charge in [0.1, 0.15) is 12.6 Å². The SMILES string of the molecule is CCCCCCCC/C=C\CCCCCCCC(=O)OC[C@H](COP(=O)(O)OC[C@H](N)C(=O)O)OC(=O)CCC/C=C\C/C=C\C/C=C\C=C\C(=O)CCCCC. The molecule has 0 aliphatic heterocycles. The summed E-state index contributed by atoms with van der Waals surface area (Å²) in [7, 11) is -4.75. The Morgan fingerprint density at radius 1 is 0.596 bits per heavy atom. The van der Waals surface area contributed by atoms with Gasteiger partial charge in [-0.3, -0.25) is 28.2 Å². The van der Waals surface area contributed by atoms with Crippen molar-refractivity contribution >= 4 is 31.5 Å². The molecule has 0 aromatic heterocycles. The van der Waals surface area contributed by atoms with E-state index in [2.05, 4.69) is 30.5 Å². The maximum absolute atomic E-state index is 12.6. The molecule has 0 aromatic carbocycles. The van der Waals surface area contributed by atoms with Crippen LogP contribution in [0, 0.1) is 0 Å². The second-order valence-electron chi connectivity index (χ2n) is 14.2. The lowest BCUT2D eigenvalue weighted by Crippen LogP contribution is -2.34. The normalized spacial score (nSPS) is 14.2. The van der Waals surface area contributed by atoms with Gasteiger partial charge in [0.15, 0.2) is 11.9 Å². The Morgan fingerprint density at radius 2 is 1.11 bits per heavy atom. The van der Waals surface area contributed by atoms with Crippen LogP contribution in [0.1, 0.15) is 162 Å². The van der Waals surface area contributed by atoms with Crippen LogP contribution in [0.4, 0.5) is 0 Å². The number of ketones is 1. The quantitative estimate of drug-likeness (QED) is 0.0133. The van der Waals surface area contributed by atoms with Gasteiger partial charge in [0.25, 0.3) is 0 Å². The van der Waals surface area contributed by atoms with Gasteiger partial charge in [-0.15, -0.1) is 0 Å². The van der Waals surface area contributed by atoms with Gasteiger partial charge in [-0.1, -0.05) is 133 Å². The highest BCUT2D eigenvalue weighted by Crippen LogP contribution is 2.43. The number of aliphatic carboxylic acids is 1. The average Bonchev–Trinajstić information content (AvgIpc) is 3.18. The van der Waals surface area contributed by atoms with Gasteiger partial charge >= 0.3 is 25.7 Å². The van der Waals surface area contributed by atoms with Crippen LogP contribution in [-0.4, -0.2) is 65.7 Å². The average molecular weight is 824 g/mol. The van der Waals surface area contributed by atoms with E-state index in [0.29, 0.717) is 25.7 Å². The molecule has 0 aliphatic rings. The van der Waals surface area contributed by atoms with Crippen LogP contribution in [0.5, 0.6) is 0 Å². The van der Waals surface area contributed by atoms with Gasteiger partial charge in [0.2, 0.25) is 0 Å². The van der Waals surface area contributed by atoms with Crippen LogP contribution in [0.3, 0.4) is 0 Å². The molecule has 326 valence electrons. The van der Waals surface area contributed by atoms with E-state index in [-0.39, 0.29) is 25.2 Å². The molecule has 0 saturated carbocycles. The zero-order valence-electron chi connectivity index (χ0n) is 34.9. The van der Waals surface area contributed by atoms with Crippen molar-refractivity contribution in [3.63, 3.8) is 0 Å². The van der Waals surface area contributed by atoms with Crippen LogP contribution < -0.4 is 5.73 Å². The van der Waals surface area contributed by atoms with Crippen molar-refractivity contribution in [2.24, 2.45) is 5.73 Å². The number of carboxylic acid groups (broad SMARTS) is 1. The number of unbranched alkanes of at least 4 members (excludes halogenated alkanes) is 14. The molecule has 57 heavy (non-hydrogen) atoms. The molecule has 12 nitrogen and oxygen atoms in total. The molecular formula is C44H74NO11P. The summed E-state index contributed by atoms with van der Waals surface area (Å²) in [6.07, 6.45) is 39.9. The van der Waals surface area contributed by atoms with Crippen molar-refractivity contribution in [2.45, 2.75) is 174 Å². The molecule has 0 aliphatic carbocycles. The van der Waals surface area contributed by atoms with Gasteiger partial charge < -0.3 is 25.2 Å². The zero-order chi connectivity index (χ0) is 42.2. The fraction of sp³-hybridized carbons (Fsp3) is 0.682. The molecular weight excluding hydrogens is 749 g/mol. The molecule has 0 heterocycles. The molecule has 1 unspecified atom stereocenters. The maximum Gasteiger partial charge on any atom is 0.472 e. The molecule has 0 aromatic rings. The Labute approximate surface area is 343 Å². The van der Waals surface area contributed by atoms with E-state index < -0.39 is 51.1 Å². The largest absolute Gasteiger partial charge is 0.480 e. The number of nitrogens with two attached hydrogens (primary N) is 1. The highest BCUT2D eigenvalue weighted by Gasteiger charge is 2.28. The van der Waals surface area contributed by atoms with Crippen molar-refractivity contribution < 1.29 is 52.3 Å². The minimum atomic E-state index is -4.75. The second-order valence-corrected chi connectivity index (χ2v) is 15.6. The Morgan fingerprint density at radius 3 is 1.77 bits per heavy atom. The lowest BCUT2D eigenvalue weighted by Gasteiger charge is -2.20. The highest BCUT2D eigenvalue weighted by atomic mass is 31.2. The monoisotopic (exact) mass is 823 g/mol. The number of carbonyl (C=O) groups excluding carboxylic acids is 3. The number of phosphoric ester groups is 1. The fourth-order valence-electron chi connectivity index (χ4n) is 5.30. The zero-order valence-corrected chi connectivity index (χ0v) is 35.8. The number of allylic oxidation sites excluding steroid dienone is 10. The van der Waals surface area contributed by atoms with E-state index in [4.69, 9.17) is 24.8 Å². The van der Waals surface area contributed by atoms with Crippen molar-refractivity contribution in [1.82, 2.24) is 0 Å². The molecule has 4 N–H and O–H groups in total. The predicted octanol–water partition coefficient (Wildman–Crippen LogP) is 10.3. The van der Waals surface area contributed by atoms with E-state index in [9.17, 15) is 28.6 Å². The Bertz CT molecular complexity index is 1260. The van der Waals surface area contributed by atoms with E-state index >= 15 is 0 Å². The molecule has 3 atom stereocenters. The summed E-state index contributed by atoms with van der Waals surface area (Å²) in [4.78, 5) is 57.6. The number of hydrogen-bond donors (Lipinski definition) is 3.